The van der Waals surface area contributed by atoms with Crippen LogP contribution in [0.15, 0.2) is 35.2 Å². The number of benzene rings is 1. The van der Waals surface area contributed by atoms with Crippen molar-refractivity contribution in [1.29, 1.82) is 5.26 Å². The molecule has 84 valence electrons. The van der Waals surface area contributed by atoms with E-state index in [2.05, 4.69) is 13.8 Å². The SMILES string of the molecule is CC(C)CSc1ccc(C(N)=CC#N)cc1. The lowest BCUT2D eigenvalue weighted by molar-refractivity contribution is 0.750. The molecule has 0 atom stereocenters. The molecule has 0 saturated carbocycles. The average Bonchev–Trinajstić information content (AvgIpc) is 2.27. The van der Waals surface area contributed by atoms with Crippen LogP contribution in [-0.2, 0) is 0 Å². The maximum absolute atomic E-state index is 8.49. The van der Waals surface area contributed by atoms with Crippen molar-refractivity contribution in [2.45, 2.75) is 18.7 Å². The zero-order chi connectivity index (χ0) is 12.0. The Morgan fingerprint density at radius 3 is 2.56 bits per heavy atom. The minimum absolute atomic E-state index is 0.517. The highest BCUT2D eigenvalue weighted by molar-refractivity contribution is 7.99. The van der Waals surface area contributed by atoms with E-state index in [0.29, 0.717) is 11.6 Å². The first-order valence-corrected chi connectivity index (χ1v) is 6.20. The summed E-state index contributed by atoms with van der Waals surface area (Å²) in [7, 11) is 0. The van der Waals surface area contributed by atoms with Crippen LogP contribution in [0.3, 0.4) is 0 Å². The van der Waals surface area contributed by atoms with Gasteiger partial charge in [-0.25, -0.2) is 0 Å². The lowest BCUT2D eigenvalue weighted by Gasteiger charge is -2.05. The van der Waals surface area contributed by atoms with Gasteiger partial charge in [-0.2, -0.15) is 5.26 Å². The van der Waals surface area contributed by atoms with Crippen LogP contribution in [0.25, 0.3) is 5.70 Å². The molecule has 2 nitrogen and oxygen atoms in total. The average molecular weight is 232 g/mol. The largest absolute Gasteiger partial charge is 0.398 e. The Labute approximate surface area is 101 Å². The van der Waals surface area contributed by atoms with Gasteiger partial charge in [0.1, 0.15) is 0 Å². The molecule has 0 fully saturated rings. The normalized spacial score (nSPS) is 11.5. The Hall–Kier alpha value is -1.40. The Morgan fingerprint density at radius 1 is 1.44 bits per heavy atom. The second kappa shape index (κ2) is 6.24. The van der Waals surface area contributed by atoms with Crippen molar-refractivity contribution in [1.82, 2.24) is 0 Å². The summed E-state index contributed by atoms with van der Waals surface area (Å²) in [6.07, 6.45) is 1.36. The third-order valence-electron chi connectivity index (χ3n) is 1.99. The minimum Gasteiger partial charge on any atom is -0.398 e. The monoisotopic (exact) mass is 232 g/mol. The second-order valence-corrected chi connectivity index (χ2v) is 5.05. The topological polar surface area (TPSA) is 49.8 Å². The molecular weight excluding hydrogens is 216 g/mol. The standard InChI is InChI=1S/C13H16N2S/c1-10(2)9-16-12-5-3-11(4-6-12)13(15)7-8-14/h3-7,10H,9,15H2,1-2H3. The van der Waals surface area contributed by atoms with Crippen LogP contribution >= 0.6 is 11.8 Å². The molecule has 0 aliphatic heterocycles. The summed E-state index contributed by atoms with van der Waals surface area (Å²) < 4.78 is 0. The van der Waals surface area contributed by atoms with E-state index in [-0.39, 0.29) is 0 Å². The molecule has 0 heterocycles. The molecule has 0 saturated heterocycles. The van der Waals surface area contributed by atoms with E-state index in [1.807, 2.05) is 42.1 Å². The third-order valence-corrected chi connectivity index (χ3v) is 3.43. The van der Waals surface area contributed by atoms with E-state index in [9.17, 15) is 0 Å². The lowest BCUT2D eigenvalue weighted by atomic mass is 10.1. The molecule has 0 bridgehead atoms. The lowest BCUT2D eigenvalue weighted by Crippen LogP contribution is -1.95. The molecule has 0 unspecified atom stereocenters. The maximum Gasteiger partial charge on any atom is 0.0933 e. The number of hydrogen-bond acceptors (Lipinski definition) is 3. The molecule has 0 aliphatic rings. The number of nitriles is 1. The van der Waals surface area contributed by atoms with Crippen molar-refractivity contribution in [3.05, 3.63) is 35.9 Å². The first-order chi connectivity index (χ1) is 7.63. The predicted molar refractivity (Wildman–Crippen MR) is 69.8 cm³/mol. The summed E-state index contributed by atoms with van der Waals surface area (Å²) >= 11 is 1.84. The molecule has 3 heteroatoms. The van der Waals surface area contributed by atoms with Crippen LogP contribution in [-0.4, -0.2) is 5.75 Å². The van der Waals surface area contributed by atoms with Crippen LogP contribution < -0.4 is 5.73 Å². The molecular formula is C13H16N2S. The van der Waals surface area contributed by atoms with Gasteiger partial charge < -0.3 is 5.73 Å². The van der Waals surface area contributed by atoms with E-state index in [1.54, 1.807) is 0 Å². The molecule has 1 rings (SSSR count). The van der Waals surface area contributed by atoms with Crippen molar-refractivity contribution in [3.8, 4) is 6.07 Å². The van der Waals surface area contributed by atoms with Crippen LogP contribution in [0.2, 0.25) is 0 Å². The van der Waals surface area contributed by atoms with E-state index < -0.39 is 0 Å². The Morgan fingerprint density at radius 2 is 2.06 bits per heavy atom. The molecule has 0 amide bonds. The Balaban J connectivity index is 2.69. The van der Waals surface area contributed by atoms with Crippen molar-refractivity contribution in [2.24, 2.45) is 11.7 Å². The van der Waals surface area contributed by atoms with Crippen molar-refractivity contribution in [3.63, 3.8) is 0 Å². The summed E-state index contributed by atoms with van der Waals surface area (Å²) in [5, 5.41) is 8.49. The number of thioether (sulfide) groups is 1. The highest BCUT2D eigenvalue weighted by atomic mass is 32.2. The predicted octanol–water partition coefficient (Wildman–Crippen LogP) is 3.26. The number of rotatable bonds is 4. The molecule has 2 N–H and O–H groups in total. The fraction of sp³-hybridized carbons (Fsp3) is 0.308. The van der Waals surface area contributed by atoms with Crippen LogP contribution in [0, 0.1) is 17.2 Å². The van der Waals surface area contributed by atoms with Gasteiger partial charge in [-0.15, -0.1) is 11.8 Å². The third kappa shape index (κ3) is 4.00. The smallest absolute Gasteiger partial charge is 0.0933 e. The van der Waals surface area contributed by atoms with E-state index in [1.165, 1.54) is 11.0 Å². The molecule has 0 radical (unpaired) electrons. The highest BCUT2D eigenvalue weighted by Gasteiger charge is 1.99. The Kier molecular flexibility index (Phi) is 4.94. The number of nitrogens with zero attached hydrogens (tertiary/aromatic N) is 1. The summed E-state index contributed by atoms with van der Waals surface area (Å²) in [6.45, 7) is 4.41. The van der Waals surface area contributed by atoms with Gasteiger partial charge in [-0.3, -0.25) is 0 Å². The minimum atomic E-state index is 0.517. The number of nitrogens with two attached hydrogens (primary N) is 1. The van der Waals surface area contributed by atoms with Gasteiger partial charge >= 0.3 is 0 Å². The van der Waals surface area contributed by atoms with Gasteiger partial charge in [-0.1, -0.05) is 26.0 Å². The van der Waals surface area contributed by atoms with E-state index in [4.69, 9.17) is 11.0 Å². The molecule has 1 aromatic rings. The van der Waals surface area contributed by atoms with Gasteiger partial charge in [-0.05, 0) is 23.6 Å². The van der Waals surface area contributed by atoms with Gasteiger partial charge in [0, 0.05) is 22.4 Å². The number of allylic oxidation sites excluding steroid dienone is 1. The molecule has 0 aliphatic carbocycles. The fourth-order valence-electron chi connectivity index (χ4n) is 1.16. The highest BCUT2D eigenvalue weighted by Crippen LogP contribution is 2.22. The zero-order valence-electron chi connectivity index (χ0n) is 9.60. The van der Waals surface area contributed by atoms with Gasteiger partial charge in [0.2, 0.25) is 0 Å². The van der Waals surface area contributed by atoms with Crippen molar-refractivity contribution >= 4 is 17.5 Å². The van der Waals surface area contributed by atoms with Gasteiger partial charge in [0.25, 0.3) is 0 Å². The van der Waals surface area contributed by atoms with Crippen molar-refractivity contribution < 1.29 is 0 Å². The summed E-state index contributed by atoms with van der Waals surface area (Å²) in [5.41, 5.74) is 7.12. The molecule has 1 aromatic carbocycles. The first-order valence-electron chi connectivity index (χ1n) is 5.22. The van der Waals surface area contributed by atoms with Crippen LogP contribution in [0.4, 0.5) is 0 Å². The molecule has 0 aromatic heterocycles. The van der Waals surface area contributed by atoms with Gasteiger partial charge in [0.05, 0.1) is 6.07 Å². The maximum atomic E-state index is 8.49. The quantitative estimate of drug-likeness (QED) is 0.640. The second-order valence-electron chi connectivity index (χ2n) is 3.96. The summed E-state index contributed by atoms with van der Waals surface area (Å²) in [4.78, 5) is 1.24. The summed E-state index contributed by atoms with van der Waals surface area (Å²) in [6, 6.07) is 9.91. The van der Waals surface area contributed by atoms with Crippen LogP contribution in [0.1, 0.15) is 19.4 Å². The molecule has 0 spiro atoms. The van der Waals surface area contributed by atoms with Gasteiger partial charge in [0.15, 0.2) is 0 Å². The van der Waals surface area contributed by atoms with Crippen molar-refractivity contribution in [2.75, 3.05) is 5.75 Å². The van der Waals surface area contributed by atoms with E-state index in [0.717, 1.165) is 11.3 Å². The van der Waals surface area contributed by atoms with Crippen LogP contribution in [0.5, 0.6) is 0 Å². The van der Waals surface area contributed by atoms with E-state index >= 15 is 0 Å². The zero-order valence-corrected chi connectivity index (χ0v) is 10.4. The first kappa shape index (κ1) is 12.7. The fourth-order valence-corrected chi connectivity index (χ4v) is 2.01. The summed E-state index contributed by atoms with van der Waals surface area (Å²) in [5.74, 6) is 1.80. The Bertz CT molecular complexity index is 399. The number of hydrogen-bond donors (Lipinski definition) is 1. The molecule has 16 heavy (non-hydrogen) atoms.